The number of carbonyl (C=O) groups excluding carboxylic acids is 4. The van der Waals surface area contributed by atoms with E-state index in [1.54, 1.807) is 9.80 Å². The number of carbonyl (C=O) groups is 4. The van der Waals surface area contributed by atoms with Crippen LogP contribution in [0.3, 0.4) is 0 Å². The highest BCUT2D eigenvalue weighted by atomic mass is 16.2. The van der Waals surface area contributed by atoms with Crippen LogP contribution in [0.5, 0.6) is 0 Å². The summed E-state index contributed by atoms with van der Waals surface area (Å²) in [5, 5.41) is 7.61. The first-order valence-electron chi connectivity index (χ1n) is 15.2. The molecule has 10 nitrogen and oxygen atoms in total. The summed E-state index contributed by atoms with van der Waals surface area (Å²) in [7, 11) is 0. The zero-order valence-corrected chi connectivity index (χ0v) is 23.1. The monoisotopic (exact) mass is 564 g/mol. The highest BCUT2D eigenvalue weighted by molar-refractivity contribution is 6.00. The third kappa shape index (κ3) is 2.99. The maximum absolute atomic E-state index is 13.8. The first-order valence-corrected chi connectivity index (χ1v) is 15.2. The van der Waals surface area contributed by atoms with Crippen molar-refractivity contribution in [2.24, 2.45) is 0 Å². The van der Waals surface area contributed by atoms with E-state index in [4.69, 9.17) is 0 Å². The molecule has 0 unspecified atom stereocenters. The third-order valence-corrected chi connectivity index (χ3v) is 10.8. The number of anilines is 1. The van der Waals surface area contributed by atoms with E-state index in [0.717, 1.165) is 59.0 Å². The summed E-state index contributed by atoms with van der Waals surface area (Å²) in [6.45, 7) is 1.30. The van der Waals surface area contributed by atoms with Gasteiger partial charge in [-0.2, -0.15) is 0 Å². The molecule has 0 saturated carbocycles. The average Bonchev–Trinajstić information content (AvgIpc) is 3.82. The lowest BCUT2D eigenvalue weighted by Gasteiger charge is -2.41. The Kier molecular flexibility index (Phi) is 4.83. The van der Waals surface area contributed by atoms with Gasteiger partial charge in [0.2, 0.25) is 23.6 Å². The fraction of sp³-hybridized carbons (Fsp3) is 0.438. The molecule has 5 fully saturated rings. The first kappa shape index (κ1) is 24.3. The Hall–Kier alpha value is -4.34. The standard InChI is InChI=1S/C32H32N6O4/c39-27-24-7-3-11-36(24)28(40)23(34-27)13-17-16-33-22-14-18(9-10-19(17)22)32-15-26-29(41)37-12-4-8-25(37)30(42)38(26)31(32)35-21-6-2-1-5-20(21)32/h1-2,5-6,9-10,14,16,23-26,31,33,35H,3-4,7-8,11-13,15H2,(H,34,39)/t23-,24-,25-,26-,31-,32+/m0/s1. The van der Waals surface area contributed by atoms with Crippen molar-refractivity contribution < 1.29 is 19.2 Å². The molecule has 4 amide bonds. The summed E-state index contributed by atoms with van der Waals surface area (Å²) in [6.07, 6.45) is 5.70. The zero-order valence-electron chi connectivity index (χ0n) is 23.1. The summed E-state index contributed by atoms with van der Waals surface area (Å²) in [5.74, 6) is 0.0507. The van der Waals surface area contributed by atoms with Crippen molar-refractivity contribution in [3.63, 3.8) is 0 Å². The molecule has 3 N–H and O–H groups in total. The maximum Gasteiger partial charge on any atom is 0.247 e. The number of fused-ring (bicyclic) bond motifs is 8. The number of nitrogens with one attached hydrogen (secondary N) is 3. The molecule has 6 atom stereocenters. The van der Waals surface area contributed by atoms with Gasteiger partial charge in [0.25, 0.3) is 0 Å². The molecule has 0 aliphatic carbocycles. The molecule has 0 radical (unpaired) electrons. The first-order chi connectivity index (χ1) is 20.5. The van der Waals surface area contributed by atoms with Crippen LogP contribution >= 0.6 is 0 Å². The number of hydrogen-bond donors (Lipinski definition) is 3. The van der Waals surface area contributed by atoms with Gasteiger partial charge in [0.15, 0.2) is 0 Å². The van der Waals surface area contributed by atoms with Crippen LogP contribution in [0.4, 0.5) is 5.69 Å². The average molecular weight is 565 g/mol. The molecule has 0 bridgehead atoms. The molecule has 6 aliphatic rings. The minimum Gasteiger partial charge on any atom is -0.364 e. The molecular formula is C32H32N6O4. The Balaban J connectivity index is 1.10. The van der Waals surface area contributed by atoms with E-state index < -0.39 is 17.5 Å². The lowest BCUT2D eigenvalue weighted by Crippen LogP contribution is -2.63. The molecule has 2 aromatic carbocycles. The molecule has 7 heterocycles. The van der Waals surface area contributed by atoms with Crippen LogP contribution in [0.1, 0.15) is 48.8 Å². The van der Waals surface area contributed by atoms with Gasteiger partial charge < -0.3 is 30.3 Å². The molecule has 5 saturated heterocycles. The summed E-state index contributed by atoms with van der Waals surface area (Å²) in [5.41, 5.74) is 4.46. The summed E-state index contributed by atoms with van der Waals surface area (Å²) < 4.78 is 0. The molecule has 10 heteroatoms. The highest BCUT2D eigenvalue weighted by Crippen LogP contribution is 2.56. The van der Waals surface area contributed by atoms with Crippen LogP contribution in [0.15, 0.2) is 48.7 Å². The van der Waals surface area contributed by atoms with E-state index in [2.05, 4.69) is 39.9 Å². The largest absolute Gasteiger partial charge is 0.364 e. The second-order valence-electron chi connectivity index (χ2n) is 12.7. The molecule has 9 rings (SSSR count). The number of piperazine rings is 2. The molecule has 214 valence electrons. The van der Waals surface area contributed by atoms with E-state index in [0.29, 0.717) is 25.9 Å². The van der Waals surface area contributed by atoms with Crippen LogP contribution in [-0.2, 0) is 31.0 Å². The maximum atomic E-state index is 13.8. The second-order valence-corrected chi connectivity index (χ2v) is 12.7. The lowest BCUT2D eigenvalue weighted by molar-refractivity contribution is -0.158. The summed E-state index contributed by atoms with van der Waals surface area (Å²) in [4.78, 5) is 62.2. The van der Waals surface area contributed by atoms with E-state index in [9.17, 15) is 19.2 Å². The van der Waals surface area contributed by atoms with Crippen molar-refractivity contribution in [2.45, 2.75) is 74.3 Å². The van der Waals surface area contributed by atoms with E-state index in [-0.39, 0.29) is 41.9 Å². The quantitative estimate of drug-likeness (QED) is 0.449. The number of aromatic amines is 1. The van der Waals surface area contributed by atoms with E-state index in [1.807, 2.05) is 29.3 Å². The van der Waals surface area contributed by atoms with Gasteiger partial charge in [0, 0.05) is 42.3 Å². The van der Waals surface area contributed by atoms with Gasteiger partial charge in [0.05, 0.1) is 5.41 Å². The van der Waals surface area contributed by atoms with Crippen LogP contribution in [0, 0.1) is 0 Å². The molecule has 3 aromatic rings. The number of benzene rings is 2. The normalized spacial score (nSPS) is 33.0. The lowest BCUT2D eigenvalue weighted by atomic mass is 9.72. The number of hydrogen-bond acceptors (Lipinski definition) is 5. The number of aromatic nitrogens is 1. The second kappa shape index (κ2) is 8.36. The molecule has 42 heavy (non-hydrogen) atoms. The summed E-state index contributed by atoms with van der Waals surface area (Å²) >= 11 is 0. The van der Waals surface area contributed by atoms with Gasteiger partial charge in [-0.15, -0.1) is 0 Å². The fourth-order valence-corrected chi connectivity index (χ4v) is 8.92. The minimum absolute atomic E-state index is 0.00381. The highest BCUT2D eigenvalue weighted by Gasteiger charge is 2.65. The van der Waals surface area contributed by atoms with Crippen molar-refractivity contribution in [3.8, 4) is 0 Å². The van der Waals surface area contributed by atoms with Crippen molar-refractivity contribution >= 4 is 40.2 Å². The van der Waals surface area contributed by atoms with Gasteiger partial charge in [-0.25, -0.2) is 0 Å². The fourth-order valence-electron chi connectivity index (χ4n) is 8.92. The molecule has 1 aromatic heterocycles. The van der Waals surface area contributed by atoms with Gasteiger partial charge in [0.1, 0.15) is 30.3 Å². The van der Waals surface area contributed by atoms with Crippen molar-refractivity contribution in [1.29, 1.82) is 0 Å². The van der Waals surface area contributed by atoms with Crippen LogP contribution in [-0.4, -0.2) is 86.7 Å². The third-order valence-electron chi connectivity index (χ3n) is 10.8. The molecular weight excluding hydrogens is 532 g/mol. The topological polar surface area (TPSA) is 118 Å². The van der Waals surface area contributed by atoms with Gasteiger partial charge >= 0.3 is 0 Å². The SMILES string of the molecule is O=C1N[C@@H](Cc2c[nH]c3cc([C@@]45C[C@H]6C(=O)N7CCC[C@H]7C(=O)N6[C@@H]4Nc4ccccc45)ccc23)C(=O)N2CCC[C@@H]12. The Morgan fingerprint density at radius 1 is 0.833 bits per heavy atom. The number of H-pyrrole nitrogens is 1. The minimum atomic E-state index is -0.579. The predicted octanol–water partition coefficient (Wildman–Crippen LogP) is 1.84. The van der Waals surface area contributed by atoms with E-state index in [1.165, 1.54) is 0 Å². The predicted molar refractivity (Wildman–Crippen MR) is 153 cm³/mol. The Bertz CT molecular complexity index is 1720. The van der Waals surface area contributed by atoms with Gasteiger partial charge in [-0.3, -0.25) is 19.2 Å². The van der Waals surface area contributed by atoms with Crippen LogP contribution in [0.25, 0.3) is 10.9 Å². The number of amides is 4. The Labute approximate surface area is 242 Å². The number of para-hydroxylation sites is 1. The number of rotatable bonds is 3. The Morgan fingerprint density at radius 2 is 1.62 bits per heavy atom. The smallest absolute Gasteiger partial charge is 0.247 e. The van der Waals surface area contributed by atoms with Crippen LogP contribution in [0.2, 0.25) is 0 Å². The zero-order chi connectivity index (χ0) is 28.3. The van der Waals surface area contributed by atoms with Crippen LogP contribution < -0.4 is 10.6 Å². The van der Waals surface area contributed by atoms with Crippen molar-refractivity contribution in [3.05, 3.63) is 65.4 Å². The van der Waals surface area contributed by atoms with Crippen molar-refractivity contribution in [2.75, 3.05) is 18.4 Å². The van der Waals surface area contributed by atoms with Crippen molar-refractivity contribution in [1.82, 2.24) is 25.0 Å². The summed E-state index contributed by atoms with van der Waals surface area (Å²) in [6, 6.07) is 12.8. The van der Waals surface area contributed by atoms with Gasteiger partial charge in [-0.05, 0) is 60.9 Å². The Morgan fingerprint density at radius 3 is 2.48 bits per heavy atom. The number of nitrogens with zero attached hydrogens (tertiary/aromatic N) is 3. The molecule has 0 spiro atoms. The van der Waals surface area contributed by atoms with E-state index >= 15 is 0 Å². The van der Waals surface area contributed by atoms with Gasteiger partial charge in [-0.1, -0.05) is 30.3 Å². The molecule has 6 aliphatic heterocycles.